The fourth-order valence-electron chi connectivity index (χ4n) is 6.85. The highest BCUT2D eigenvalue weighted by Gasteiger charge is 2.26. The molecule has 0 fully saturated rings. The van der Waals surface area contributed by atoms with Gasteiger partial charge in [-0.2, -0.15) is 25.3 Å². The molecule has 0 aliphatic carbocycles. The number of benzene rings is 7. The Hall–Kier alpha value is -6.01. The standard InChI is InChI=1S/C25H20O15S4.C21H18O12S3/c1-13-3-4-14(9-21(13)41-39-37-27)25(26)15-5-6-18(23(11-15)43(29,30)31)36-19-7-16-8-20(35-2)24(44(32,33)34)12-17(16)10-22(19)42-40-38-28;1-12-3-4-13(9-18(12)34-32-30-23)21(22)14-5-7-17(20(10-14)36(25,26)27)29-16-8-6-15(28-2)11-19(16)35-33-31-24/h3-12,27-28H,1-2H3,(H,29,30,31)(H,32,33,34);3-11,23-24H,1-2H3,(H,25,26,27). The van der Waals surface area contributed by atoms with Crippen LogP contribution in [0.2, 0.25) is 0 Å². The third-order valence-electron chi connectivity index (χ3n) is 10.5. The summed E-state index contributed by atoms with van der Waals surface area (Å²) in [4.78, 5) is 25.4. The largest absolute Gasteiger partial charge is 0.497 e. The molecule has 0 aliphatic heterocycles. The predicted octanol–water partition coefficient (Wildman–Crippen LogP) is 10.7. The van der Waals surface area contributed by atoms with Crippen LogP contribution in [0, 0.1) is 13.8 Å². The van der Waals surface area contributed by atoms with Crippen LogP contribution in [0.4, 0.5) is 0 Å². The number of ether oxygens (including phenoxy) is 4. The van der Waals surface area contributed by atoms with E-state index in [2.05, 4.69) is 37.5 Å². The van der Waals surface area contributed by atoms with Crippen LogP contribution in [0.15, 0.2) is 150 Å². The van der Waals surface area contributed by atoms with Crippen LogP contribution in [-0.2, 0) is 67.8 Å². The molecule has 7 aromatic carbocycles. The highest BCUT2D eigenvalue weighted by atomic mass is 32.2. The zero-order chi connectivity index (χ0) is 58.5. The SMILES string of the molecule is COc1cc2cc(Oc3ccc(C(=O)c4ccc(C)c(SOOO)c4)cc3S(=O)(=O)O)c(SOOO)cc2cc1S(=O)(=O)O.COc1ccc(Oc2ccc(C(=O)c3ccc(C)c(SOOO)c3)cc2S(=O)(=O)O)c(SOOO)c1. The maximum Gasteiger partial charge on any atom is 0.298 e. The topological polar surface area (TPSA) is 389 Å². The molecule has 80 heavy (non-hydrogen) atoms. The van der Waals surface area contributed by atoms with Crippen LogP contribution in [0.3, 0.4) is 0 Å². The first-order valence-electron chi connectivity index (χ1n) is 21.2. The number of hydrogen-bond acceptors (Lipinski definition) is 28. The zero-order valence-electron chi connectivity index (χ0n) is 40.6. The van der Waals surface area contributed by atoms with Gasteiger partial charge >= 0.3 is 0 Å². The summed E-state index contributed by atoms with van der Waals surface area (Å²) >= 11 is 2.23. The minimum atomic E-state index is -4.99. The lowest BCUT2D eigenvalue weighted by Crippen LogP contribution is -2.07. The molecule has 0 aromatic heterocycles. The van der Waals surface area contributed by atoms with Crippen molar-refractivity contribution in [1.82, 2.24) is 0 Å². The number of carbonyl (C=O) groups is 2. The highest BCUT2D eigenvalue weighted by molar-refractivity contribution is 7.95. The molecule has 0 bridgehead atoms. The molecular weight excluding hydrogens is 1210 g/mol. The van der Waals surface area contributed by atoms with Gasteiger partial charge in [-0.15, -0.1) is 17.3 Å². The lowest BCUT2D eigenvalue weighted by atomic mass is 10.0. The molecule has 0 atom stereocenters. The van der Waals surface area contributed by atoms with Crippen molar-refractivity contribution in [2.75, 3.05) is 14.2 Å². The average Bonchev–Trinajstić information content (AvgIpc) is 3.54. The van der Waals surface area contributed by atoms with E-state index in [0.29, 0.717) is 74.7 Å². The van der Waals surface area contributed by atoms with Gasteiger partial charge in [0.2, 0.25) is 0 Å². The lowest BCUT2D eigenvalue weighted by Gasteiger charge is -2.15. The molecule has 7 N–H and O–H groups in total. The first-order chi connectivity index (χ1) is 37.9. The fraction of sp³-hybridized carbons (Fsp3) is 0.0870. The minimum absolute atomic E-state index is 0.0122. The maximum atomic E-state index is 13.2. The zero-order valence-corrected chi connectivity index (χ0v) is 46.3. The molecule has 0 heterocycles. The maximum absolute atomic E-state index is 13.2. The van der Waals surface area contributed by atoms with Gasteiger partial charge in [-0.25, -0.2) is 21.0 Å². The molecule has 34 heteroatoms. The number of fused-ring (bicyclic) bond motifs is 1. The van der Waals surface area contributed by atoms with E-state index in [0.717, 1.165) is 29.8 Å². The van der Waals surface area contributed by atoms with Crippen molar-refractivity contribution in [3.63, 3.8) is 0 Å². The van der Waals surface area contributed by atoms with E-state index < -0.39 is 62.4 Å². The van der Waals surface area contributed by atoms with Gasteiger partial charge in [0.05, 0.1) is 72.2 Å². The molecular formula is C46H38O27S7. The molecule has 0 saturated carbocycles. The minimum Gasteiger partial charge on any atom is -0.497 e. The fourth-order valence-corrected chi connectivity index (χ4v) is 10.7. The second-order valence-corrected chi connectivity index (χ2v) is 22.6. The Labute approximate surface area is 469 Å². The Bertz CT molecular complexity index is 3770. The van der Waals surface area contributed by atoms with Crippen LogP contribution >= 0.6 is 48.2 Å². The van der Waals surface area contributed by atoms with Crippen LogP contribution in [0.5, 0.6) is 34.5 Å². The van der Waals surface area contributed by atoms with Gasteiger partial charge in [0.1, 0.15) is 49.2 Å². The van der Waals surface area contributed by atoms with Crippen molar-refractivity contribution in [2.45, 2.75) is 48.1 Å². The molecule has 0 spiro atoms. The lowest BCUT2D eigenvalue weighted by molar-refractivity contribution is -0.432. The molecule has 0 unspecified atom stereocenters. The van der Waals surface area contributed by atoms with Crippen molar-refractivity contribution in [1.29, 1.82) is 0 Å². The van der Waals surface area contributed by atoms with E-state index >= 15 is 0 Å². The van der Waals surface area contributed by atoms with E-state index in [1.54, 1.807) is 26.0 Å². The van der Waals surface area contributed by atoms with E-state index in [1.807, 2.05) is 0 Å². The van der Waals surface area contributed by atoms with E-state index in [4.69, 9.17) is 40.0 Å². The molecule has 7 aromatic rings. The van der Waals surface area contributed by atoms with Crippen molar-refractivity contribution < 1.29 is 126 Å². The Morgan fingerprint density at radius 3 is 1.18 bits per heavy atom. The number of ketones is 2. The van der Waals surface area contributed by atoms with Crippen molar-refractivity contribution in [2.24, 2.45) is 0 Å². The predicted molar refractivity (Wildman–Crippen MR) is 278 cm³/mol. The second kappa shape index (κ2) is 28.1. The molecule has 0 radical (unpaired) electrons. The van der Waals surface area contributed by atoms with Gasteiger partial charge in [-0.1, -0.05) is 44.4 Å². The molecule has 0 saturated heterocycles. The smallest absolute Gasteiger partial charge is 0.298 e. The Balaban J connectivity index is 0.000000263. The van der Waals surface area contributed by atoms with Gasteiger partial charge in [0.15, 0.2) is 11.6 Å². The van der Waals surface area contributed by atoms with Crippen molar-refractivity contribution in [3.05, 3.63) is 149 Å². The summed E-state index contributed by atoms with van der Waals surface area (Å²) in [6, 6.07) is 25.2. The second-order valence-electron chi connectivity index (χ2n) is 15.4. The average molecular weight is 1250 g/mol. The van der Waals surface area contributed by atoms with Crippen LogP contribution in [-0.4, -0.2) is 85.7 Å². The van der Waals surface area contributed by atoms with E-state index in [1.165, 1.54) is 93.1 Å². The number of hydrogen-bond donors (Lipinski definition) is 7. The molecule has 0 aliphatic rings. The van der Waals surface area contributed by atoms with Crippen LogP contribution in [0.1, 0.15) is 43.0 Å². The van der Waals surface area contributed by atoms with E-state index in [-0.39, 0.29) is 60.4 Å². The summed E-state index contributed by atoms with van der Waals surface area (Å²) in [5.41, 5.74) is 1.49. The Kier molecular flexibility index (Phi) is 22.2. The van der Waals surface area contributed by atoms with Crippen LogP contribution in [0.25, 0.3) is 10.8 Å². The Morgan fingerprint density at radius 1 is 0.388 bits per heavy atom. The van der Waals surface area contributed by atoms with Crippen LogP contribution < -0.4 is 18.9 Å². The van der Waals surface area contributed by atoms with Crippen molar-refractivity contribution in [3.8, 4) is 34.5 Å². The van der Waals surface area contributed by atoms with Gasteiger partial charge in [-0.05, 0) is 127 Å². The number of carbonyl (C=O) groups excluding carboxylic acids is 2. The monoisotopic (exact) mass is 1250 g/mol. The van der Waals surface area contributed by atoms with Gasteiger partial charge in [-0.3, -0.25) is 23.2 Å². The summed E-state index contributed by atoms with van der Waals surface area (Å²) < 4.78 is 142. The third-order valence-corrected chi connectivity index (χ3v) is 15.9. The van der Waals surface area contributed by atoms with Gasteiger partial charge < -0.3 is 18.9 Å². The summed E-state index contributed by atoms with van der Waals surface area (Å²) in [7, 11) is -11.9. The quantitative estimate of drug-likeness (QED) is 0.00919. The summed E-state index contributed by atoms with van der Waals surface area (Å²) in [6.07, 6.45) is 0. The highest BCUT2D eigenvalue weighted by Crippen LogP contribution is 2.42. The third kappa shape index (κ3) is 16.3. The summed E-state index contributed by atoms with van der Waals surface area (Å²) in [6.45, 7) is 3.45. The number of aryl methyl sites for hydroxylation is 2. The summed E-state index contributed by atoms with van der Waals surface area (Å²) in [5, 5.41) is 48.8. The van der Waals surface area contributed by atoms with Gasteiger partial charge in [0.25, 0.3) is 30.4 Å². The van der Waals surface area contributed by atoms with Crippen molar-refractivity contribution >= 4 is 101 Å². The van der Waals surface area contributed by atoms with Gasteiger partial charge in [0, 0.05) is 32.0 Å². The molecule has 0 amide bonds. The molecule has 27 nitrogen and oxygen atoms in total. The normalized spacial score (nSPS) is 11.7. The molecule has 426 valence electrons. The van der Waals surface area contributed by atoms with E-state index in [9.17, 15) is 48.5 Å². The number of methoxy groups -OCH3 is 2. The first kappa shape index (κ1) is 63.2. The Morgan fingerprint density at radius 2 is 0.750 bits per heavy atom. The number of rotatable bonds is 25. The summed E-state index contributed by atoms with van der Waals surface area (Å²) in [5.74, 6) is -1.79. The molecule has 7 rings (SSSR count). The first-order valence-corrected chi connectivity index (χ1v) is 28.5.